The minimum Gasteiger partial charge on any atom is -0.322 e. The van der Waals surface area contributed by atoms with Crippen molar-refractivity contribution in [2.24, 2.45) is 4.99 Å². The Morgan fingerprint density at radius 2 is 2.03 bits per heavy atom. The van der Waals surface area contributed by atoms with Crippen LogP contribution in [-0.4, -0.2) is 69.7 Å². The Morgan fingerprint density at radius 1 is 1.22 bits per heavy atom. The van der Waals surface area contributed by atoms with Crippen molar-refractivity contribution in [1.82, 2.24) is 24.9 Å². The molecule has 1 N–H and O–H groups in total. The Morgan fingerprint density at radius 3 is 2.76 bits per heavy atom. The van der Waals surface area contributed by atoms with Crippen LogP contribution in [0.25, 0.3) is 5.70 Å². The molecule has 2 aromatic rings. The zero-order valence-electron chi connectivity index (χ0n) is 21.1. The molecule has 0 aliphatic carbocycles. The normalized spacial score (nSPS) is 21.5. The predicted octanol–water partition coefficient (Wildman–Crippen LogP) is 2.75. The molecule has 0 bridgehead atoms. The number of carbonyl (C=O) groups excluding carboxylic acids is 3. The summed E-state index contributed by atoms with van der Waals surface area (Å²) in [5.74, 6) is -0.329. The van der Waals surface area contributed by atoms with E-state index in [1.165, 1.54) is 5.56 Å². The maximum Gasteiger partial charge on any atom is 0.255 e. The first kappa shape index (κ1) is 24.8. The molecule has 9 heteroatoms. The van der Waals surface area contributed by atoms with Crippen molar-refractivity contribution in [2.75, 3.05) is 20.1 Å². The number of aromatic nitrogens is 2. The molecule has 0 saturated carbocycles. The number of likely N-dealkylation sites (tertiary alicyclic amines) is 1. The summed E-state index contributed by atoms with van der Waals surface area (Å²) in [5, 5.41) is 6.84. The van der Waals surface area contributed by atoms with Gasteiger partial charge in [0, 0.05) is 50.1 Å². The van der Waals surface area contributed by atoms with Gasteiger partial charge in [0.15, 0.2) is 0 Å². The van der Waals surface area contributed by atoms with E-state index in [1.807, 2.05) is 29.2 Å². The van der Waals surface area contributed by atoms with Crippen LogP contribution in [0.3, 0.4) is 0 Å². The number of imide groups is 1. The highest BCUT2D eigenvalue weighted by Crippen LogP contribution is 2.34. The van der Waals surface area contributed by atoms with E-state index in [9.17, 15) is 14.4 Å². The number of nitrogens with zero attached hydrogens (tertiary/aromatic N) is 5. The first-order valence-electron chi connectivity index (χ1n) is 12.8. The zero-order chi connectivity index (χ0) is 25.9. The van der Waals surface area contributed by atoms with Crippen LogP contribution < -0.4 is 5.32 Å². The predicted molar refractivity (Wildman–Crippen MR) is 141 cm³/mol. The van der Waals surface area contributed by atoms with Gasteiger partial charge in [-0.3, -0.25) is 29.6 Å². The van der Waals surface area contributed by atoms with Crippen LogP contribution in [0, 0.1) is 0 Å². The quantitative estimate of drug-likeness (QED) is 0.358. The lowest BCUT2D eigenvalue weighted by Gasteiger charge is -2.32. The highest BCUT2D eigenvalue weighted by Gasteiger charge is 2.39. The van der Waals surface area contributed by atoms with Gasteiger partial charge in [-0.15, -0.1) is 0 Å². The number of nitrogens with one attached hydrogen (secondary N) is 1. The number of allylic oxidation sites excluding steroid dienone is 3. The second-order valence-corrected chi connectivity index (χ2v) is 9.87. The third kappa shape index (κ3) is 5.17. The molecule has 2 fully saturated rings. The monoisotopic (exact) mass is 500 g/mol. The summed E-state index contributed by atoms with van der Waals surface area (Å²) < 4.78 is 1.82. The molecule has 37 heavy (non-hydrogen) atoms. The molecule has 3 aliphatic heterocycles. The molecular weight excluding hydrogens is 468 g/mol. The third-order valence-electron chi connectivity index (χ3n) is 7.46. The number of benzene rings is 1. The number of hydrogen-bond acceptors (Lipinski definition) is 6. The van der Waals surface area contributed by atoms with Crippen molar-refractivity contribution in [1.29, 1.82) is 0 Å². The molecule has 9 nitrogen and oxygen atoms in total. The van der Waals surface area contributed by atoms with E-state index in [-0.39, 0.29) is 24.1 Å². The molecule has 3 amide bonds. The van der Waals surface area contributed by atoms with Crippen molar-refractivity contribution in [3.63, 3.8) is 0 Å². The Bertz CT molecular complexity index is 1280. The number of hydrogen-bond donors (Lipinski definition) is 1. The second kappa shape index (κ2) is 10.6. The van der Waals surface area contributed by atoms with Crippen LogP contribution in [0.15, 0.2) is 54.3 Å². The summed E-state index contributed by atoms with van der Waals surface area (Å²) >= 11 is 0. The summed E-state index contributed by atoms with van der Waals surface area (Å²) in [6, 6.07) is 5.55. The highest BCUT2D eigenvalue weighted by molar-refractivity contribution is 6.05. The smallest absolute Gasteiger partial charge is 0.255 e. The van der Waals surface area contributed by atoms with E-state index in [1.54, 1.807) is 24.2 Å². The highest BCUT2D eigenvalue weighted by atomic mass is 16.2. The molecular formula is C28H32N6O3. The van der Waals surface area contributed by atoms with Gasteiger partial charge in [-0.1, -0.05) is 24.8 Å². The lowest BCUT2D eigenvalue weighted by atomic mass is 9.88. The van der Waals surface area contributed by atoms with E-state index in [0.717, 1.165) is 49.3 Å². The lowest BCUT2D eigenvalue weighted by Crippen LogP contribution is -2.52. The van der Waals surface area contributed by atoms with E-state index in [0.29, 0.717) is 24.4 Å². The van der Waals surface area contributed by atoms with Crippen LogP contribution >= 0.6 is 0 Å². The molecule has 2 saturated heterocycles. The maximum atomic E-state index is 13.0. The fraction of sp³-hybridized carbons (Fsp3) is 0.393. The van der Waals surface area contributed by atoms with Gasteiger partial charge in [0.1, 0.15) is 6.04 Å². The van der Waals surface area contributed by atoms with Gasteiger partial charge < -0.3 is 4.90 Å². The minimum absolute atomic E-state index is 0.122. The van der Waals surface area contributed by atoms with Gasteiger partial charge in [-0.05, 0) is 61.5 Å². The molecule has 1 aromatic carbocycles. The van der Waals surface area contributed by atoms with Crippen molar-refractivity contribution in [3.8, 4) is 0 Å². The van der Waals surface area contributed by atoms with Crippen molar-refractivity contribution >= 4 is 29.6 Å². The Kier molecular flexibility index (Phi) is 7.14. The van der Waals surface area contributed by atoms with Crippen LogP contribution in [0.2, 0.25) is 0 Å². The number of carbonyl (C=O) groups is 3. The average Bonchev–Trinajstić information content (AvgIpc) is 3.48. The van der Waals surface area contributed by atoms with E-state index in [4.69, 9.17) is 0 Å². The summed E-state index contributed by atoms with van der Waals surface area (Å²) in [7, 11) is 1.73. The van der Waals surface area contributed by atoms with Crippen LogP contribution in [0.4, 0.5) is 0 Å². The maximum absolute atomic E-state index is 13.0. The van der Waals surface area contributed by atoms with Crippen LogP contribution in [-0.2, 0) is 22.7 Å². The Balaban J connectivity index is 1.19. The van der Waals surface area contributed by atoms with Crippen LogP contribution in [0.1, 0.15) is 58.6 Å². The van der Waals surface area contributed by atoms with Gasteiger partial charge in [0.05, 0.1) is 11.9 Å². The fourth-order valence-electron chi connectivity index (χ4n) is 5.55. The first-order chi connectivity index (χ1) is 18.0. The van der Waals surface area contributed by atoms with Crippen molar-refractivity contribution < 1.29 is 14.4 Å². The molecule has 0 spiro atoms. The van der Waals surface area contributed by atoms with Gasteiger partial charge >= 0.3 is 0 Å². The number of fused-ring (bicyclic) bond motifs is 1. The molecule has 192 valence electrons. The summed E-state index contributed by atoms with van der Waals surface area (Å²) in [6.07, 6.45) is 12.0. The molecule has 4 heterocycles. The molecule has 1 aromatic heterocycles. The number of amides is 3. The van der Waals surface area contributed by atoms with Crippen molar-refractivity contribution in [3.05, 3.63) is 71.6 Å². The van der Waals surface area contributed by atoms with E-state index in [2.05, 4.69) is 39.0 Å². The molecule has 1 atom stereocenters. The van der Waals surface area contributed by atoms with E-state index >= 15 is 0 Å². The second-order valence-electron chi connectivity index (χ2n) is 9.87. The minimum atomic E-state index is -0.578. The van der Waals surface area contributed by atoms with Gasteiger partial charge in [0.2, 0.25) is 11.8 Å². The van der Waals surface area contributed by atoms with Gasteiger partial charge in [-0.2, -0.15) is 5.10 Å². The summed E-state index contributed by atoms with van der Waals surface area (Å²) in [5.41, 5.74) is 4.92. The zero-order valence-corrected chi connectivity index (χ0v) is 21.1. The first-order valence-corrected chi connectivity index (χ1v) is 12.8. The number of aliphatic imine (C=N–C) groups is 1. The topological polar surface area (TPSA) is 99.9 Å². The summed E-state index contributed by atoms with van der Waals surface area (Å²) in [6.45, 7) is 7.00. The lowest BCUT2D eigenvalue weighted by molar-refractivity contribution is -0.136. The summed E-state index contributed by atoms with van der Waals surface area (Å²) in [4.78, 5) is 44.9. The molecule has 5 rings (SSSR count). The fourth-order valence-corrected chi connectivity index (χ4v) is 5.55. The third-order valence-corrected chi connectivity index (χ3v) is 7.46. The number of piperidine rings is 2. The Labute approximate surface area is 216 Å². The molecule has 0 radical (unpaired) electrons. The SMILES string of the molecule is C=C/C=C(\C=NC)n1cc(CN2CCC(c3ccc4c(c3)CN(C3CCC(=O)NC3=O)C4=O)CC2)cn1. The molecule has 3 aliphatic rings. The van der Waals surface area contributed by atoms with Crippen LogP contribution in [0.5, 0.6) is 0 Å². The van der Waals surface area contributed by atoms with Gasteiger partial charge in [0.25, 0.3) is 5.91 Å². The number of rotatable bonds is 7. The van der Waals surface area contributed by atoms with E-state index < -0.39 is 6.04 Å². The Hall–Kier alpha value is -3.85. The standard InChI is InChI=1S/C28H32N6O3/c1-3-4-23(15-29-2)34-17-19(14-30-34)16-32-11-9-20(10-12-32)21-5-6-24-22(13-21)18-33(28(24)37)25-7-8-26(35)31-27(25)36/h3-6,13-15,17,20,25H,1,7-12,16,18H2,2H3,(H,31,35,36)/b23-4+,29-15?. The average molecular weight is 501 g/mol. The molecule has 1 unspecified atom stereocenters. The van der Waals surface area contributed by atoms with Crippen molar-refractivity contribution in [2.45, 2.75) is 50.7 Å². The largest absolute Gasteiger partial charge is 0.322 e. The van der Waals surface area contributed by atoms with Gasteiger partial charge in [-0.25, -0.2) is 4.68 Å².